The van der Waals surface area contributed by atoms with Gasteiger partial charge in [0, 0.05) is 47.7 Å². The number of Topliss-reactive ketones (excluding diaryl/α,β-unsaturated/α-hetero) is 2. The van der Waals surface area contributed by atoms with Gasteiger partial charge < -0.3 is 20.3 Å². The van der Waals surface area contributed by atoms with Gasteiger partial charge in [-0.25, -0.2) is 4.39 Å². The number of rotatable bonds is 3. The van der Waals surface area contributed by atoms with Crippen LogP contribution in [0.3, 0.4) is 0 Å². The number of alkyl halides is 9. The number of nitrogens with one attached hydrogen (secondary N) is 2. The molecule has 0 radical (unpaired) electrons. The molecule has 0 saturated carbocycles. The molecule has 0 aromatic heterocycles. The lowest BCUT2D eigenvalue weighted by Gasteiger charge is -2.33. The van der Waals surface area contributed by atoms with Crippen LogP contribution >= 0.6 is 0 Å². The molecule has 1 saturated heterocycles. The van der Waals surface area contributed by atoms with Crippen LogP contribution < -0.4 is 15.5 Å². The van der Waals surface area contributed by atoms with Crippen LogP contribution in [-0.2, 0) is 27.1 Å². The average molecular weight is 601 g/mol. The summed E-state index contributed by atoms with van der Waals surface area (Å²) in [4.78, 5) is 21.7. The Morgan fingerprint density at radius 3 is 2.20 bits per heavy atom. The lowest BCUT2D eigenvalue weighted by Crippen LogP contribution is -2.44. The number of carbonyl (C=O) groups is 2. The van der Waals surface area contributed by atoms with Crippen molar-refractivity contribution in [3.63, 3.8) is 0 Å². The number of fused-ring (bicyclic) bond motifs is 3. The summed E-state index contributed by atoms with van der Waals surface area (Å²) in [5.74, 6) is -7.75. The summed E-state index contributed by atoms with van der Waals surface area (Å²) in [6, 6.07) is 7.35. The van der Waals surface area contributed by atoms with E-state index in [-0.39, 0.29) is 5.69 Å². The summed E-state index contributed by atoms with van der Waals surface area (Å²) in [5.41, 5.74) is 3.07. The fourth-order valence-electron chi connectivity index (χ4n) is 5.10. The van der Waals surface area contributed by atoms with E-state index in [0.717, 1.165) is 43.8 Å². The minimum Gasteiger partial charge on any atom is -0.375 e. The Kier molecular flexibility index (Phi) is 8.28. The quantitative estimate of drug-likeness (QED) is 0.351. The van der Waals surface area contributed by atoms with Crippen molar-refractivity contribution < 1.29 is 58.2 Å². The molecule has 0 unspecified atom stereocenters. The van der Waals surface area contributed by atoms with E-state index >= 15 is 0 Å². The normalized spacial score (nSPS) is 20.3. The number of hydrogen-bond acceptors (Lipinski definition) is 6. The van der Waals surface area contributed by atoms with Gasteiger partial charge in [0.05, 0.1) is 18.8 Å². The number of ether oxygens (including phenoxy) is 1. The van der Waals surface area contributed by atoms with Crippen LogP contribution in [0.4, 0.5) is 61.0 Å². The van der Waals surface area contributed by atoms with Crippen molar-refractivity contribution in [2.24, 2.45) is 0 Å². The molecule has 5 rings (SSSR count). The average Bonchev–Trinajstić information content (AvgIpc) is 3.03. The van der Waals surface area contributed by atoms with Crippen molar-refractivity contribution in [1.29, 1.82) is 0 Å². The first kappa shape index (κ1) is 30.6. The number of halogens is 10. The lowest BCUT2D eigenvalue weighted by atomic mass is 9.89. The maximum Gasteiger partial charge on any atom is 0.458 e. The van der Waals surface area contributed by atoms with Gasteiger partial charge in [0.15, 0.2) is 0 Å². The Morgan fingerprint density at radius 2 is 1.59 bits per heavy atom. The molecule has 41 heavy (non-hydrogen) atoms. The Morgan fingerprint density at radius 1 is 0.927 bits per heavy atom. The Bertz CT molecular complexity index is 1300. The van der Waals surface area contributed by atoms with E-state index in [1.165, 1.54) is 17.3 Å². The van der Waals surface area contributed by atoms with Crippen LogP contribution in [0.2, 0.25) is 0 Å². The van der Waals surface area contributed by atoms with Crippen LogP contribution in [0.5, 0.6) is 0 Å². The second kappa shape index (κ2) is 11.1. The maximum absolute atomic E-state index is 13.6. The third kappa shape index (κ3) is 6.58. The lowest BCUT2D eigenvalue weighted by molar-refractivity contribution is -0.193. The molecule has 0 amide bonds. The second-order valence-electron chi connectivity index (χ2n) is 9.46. The van der Waals surface area contributed by atoms with Gasteiger partial charge in [0.2, 0.25) is 0 Å². The van der Waals surface area contributed by atoms with Gasteiger partial charge in [-0.15, -0.1) is 0 Å². The van der Waals surface area contributed by atoms with Crippen LogP contribution in [0, 0.1) is 5.82 Å². The summed E-state index contributed by atoms with van der Waals surface area (Å²) < 4.78 is 125. The molecule has 0 bridgehead atoms. The van der Waals surface area contributed by atoms with Gasteiger partial charge in [-0.2, -0.15) is 39.5 Å². The summed E-state index contributed by atoms with van der Waals surface area (Å²) in [7, 11) is 0. The molecule has 1 fully saturated rings. The third-order valence-corrected chi connectivity index (χ3v) is 6.77. The van der Waals surface area contributed by atoms with Gasteiger partial charge in [-0.3, -0.25) is 9.59 Å². The highest BCUT2D eigenvalue weighted by molar-refractivity contribution is 6.41. The fourth-order valence-corrected chi connectivity index (χ4v) is 5.10. The minimum atomic E-state index is -5.77. The van der Waals surface area contributed by atoms with Gasteiger partial charge in [0.1, 0.15) is 5.82 Å². The Hall–Kier alpha value is -3.40. The van der Waals surface area contributed by atoms with E-state index in [1.807, 2.05) is 12.1 Å². The Balaban J connectivity index is 0.000000275. The molecule has 224 valence electrons. The predicted molar refractivity (Wildman–Crippen MR) is 124 cm³/mol. The van der Waals surface area contributed by atoms with Crippen LogP contribution in [0.1, 0.15) is 29.0 Å². The molecular formula is C25H21F10N3O3. The van der Waals surface area contributed by atoms with Crippen molar-refractivity contribution in [3.8, 4) is 0 Å². The van der Waals surface area contributed by atoms with Crippen molar-refractivity contribution >= 4 is 28.6 Å². The molecule has 0 aliphatic carbocycles. The van der Waals surface area contributed by atoms with Crippen LogP contribution in [0.15, 0.2) is 30.3 Å². The number of nitrogens with zero attached hydrogens (tertiary/aromatic N) is 1. The summed E-state index contributed by atoms with van der Waals surface area (Å²) in [6.45, 7) is 3.83. The molecule has 2 aromatic carbocycles. The highest BCUT2D eigenvalue weighted by Gasteiger charge is 2.54. The topological polar surface area (TPSA) is 70.7 Å². The largest absolute Gasteiger partial charge is 0.458 e. The van der Waals surface area contributed by atoms with Crippen LogP contribution in [0.25, 0.3) is 0 Å². The van der Waals surface area contributed by atoms with E-state index in [1.54, 1.807) is 0 Å². The molecule has 3 aliphatic rings. The number of benzene rings is 2. The van der Waals surface area contributed by atoms with E-state index in [9.17, 15) is 53.5 Å². The first-order chi connectivity index (χ1) is 19.0. The fraction of sp³-hybridized carbons (Fsp3) is 0.440. The molecule has 3 heterocycles. The smallest absolute Gasteiger partial charge is 0.375 e. The zero-order valence-corrected chi connectivity index (χ0v) is 20.7. The molecule has 6 nitrogen and oxygen atoms in total. The highest BCUT2D eigenvalue weighted by Crippen LogP contribution is 2.47. The van der Waals surface area contributed by atoms with E-state index in [2.05, 4.69) is 15.5 Å². The number of carbonyl (C=O) groups excluding carboxylic acids is 2. The standard InChI is InChI=1S/C21H21F4N3O.C4F6O2/c22-18-2-1-13(9-17(18)21(23,24)25)27-14-7-12-11-29-6-5-28-19-3-4-26-10-16(19)15(8-14)20(12)28;5-3(6,7)1(11)2(12)4(8,9)10/h1-2,7-9,16,19,26-27H,3-6,10-11H2;/t16-,19-;/m0./s1. The van der Waals surface area contributed by atoms with Gasteiger partial charge in [-0.1, -0.05) is 0 Å². The third-order valence-electron chi connectivity index (χ3n) is 6.77. The van der Waals surface area contributed by atoms with E-state index in [4.69, 9.17) is 4.74 Å². The minimum absolute atomic E-state index is 0.202. The van der Waals surface area contributed by atoms with Gasteiger partial charge in [-0.05, 0) is 48.9 Å². The molecular weight excluding hydrogens is 580 g/mol. The van der Waals surface area contributed by atoms with Crippen molar-refractivity contribution in [1.82, 2.24) is 5.32 Å². The number of ketones is 2. The van der Waals surface area contributed by atoms with Crippen molar-refractivity contribution in [2.45, 2.75) is 43.5 Å². The number of hydrogen-bond donors (Lipinski definition) is 2. The first-order valence-corrected chi connectivity index (χ1v) is 12.1. The number of anilines is 3. The Labute approximate surface area is 225 Å². The summed E-state index contributed by atoms with van der Waals surface area (Å²) in [6.07, 6.45) is -15.2. The highest BCUT2D eigenvalue weighted by atomic mass is 19.4. The SMILES string of the molecule is Fc1ccc(Nc2cc3c4c(c2)[C@@H]2CNCC[C@@H]2N4CCOC3)cc1C(F)(F)F.O=C(C(=O)C(F)(F)F)C(F)(F)F. The van der Waals surface area contributed by atoms with Crippen LogP contribution in [-0.4, -0.2) is 56.2 Å². The van der Waals surface area contributed by atoms with Gasteiger partial charge in [0.25, 0.3) is 0 Å². The van der Waals surface area contributed by atoms with Crippen molar-refractivity contribution in [3.05, 3.63) is 52.8 Å². The monoisotopic (exact) mass is 601 g/mol. The van der Waals surface area contributed by atoms with E-state index < -0.39 is 41.5 Å². The zero-order chi connectivity index (χ0) is 30.3. The molecule has 2 atom stereocenters. The maximum atomic E-state index is 13.6. The number of piperidine rings is 1. The molecule has 0 spiro atoms. The summed E-state index contributed by atoms with van der Waals surface area (Å²) in [5, 5.41) is 6.49. The van der Waals surface area contributed by atoms with Crippen molar-refractivity contribution in [2.75, 3.05) is 36.5 Å². The zero-order valence-electron chi connectivity index (χ0n) is 20.7. The summed E-state index contributed by atoms with van der Waals surface area (Å²) >= 11 is 0. The predicted octanol–water partition coefficient (Wildman–Crippen LogP) is 5.63. The molecule has 2 N–H and O–H groups in total. The van der Waals surface area contributed by atoms with E-state index in [0.29, 0.717) is 30.9 Å². The second-order valence-corrected chi connectivity index (χ2v) is 9.46. The molecule has 2 aromatic rings. The molecule has 3 aliphatic heterocycles. The van der Waals surface area contributed by atoms with Gasteiger partial charge >= 0.3 is 30.1 Å². The molecule has 16 heteroatoms. The first-order valence-electron chi connectivity index (χ1n) is 12.1.